The highest BCUT2D eigenvalue weighted by molar-refractivity contribution is 7.92. The van der Waals surface area contributed by atoms with Crippen molar-refractivity contribution in [3.8, 4) is 0 Å². The quantitative estimate of drug-likeness (QED) is 0.191. The summed E-state index contributed by atoms with van der Waals surface area (Å²) < 4.78 is 61.3. The van der Waals surface area contributed by atoms with Crippen LogP contribution in [0.25, 0.3) is 0 Å². The van der Waals surface area contributed by atoms with Gasteiger partial charge in [-0.15, -0.1) is 22.7 Å². The number of rotatable bonds is 13. The Morgan fingerprint density at radius 1 is 0.658 bits per heavy atom. The van der Waals surface area contributed by atoms with E-state index in [4.69, 9.17) is 0 Å². The maximum atomic E-state index is 12.2. The Hall–Kier alpha value is -3.22. The highest BCUT2D eigenvalue weighted by Gasteiger charge is 2.23. The van der Waals surface area contributed by atoms with Crippen molar-refractivity contribution in [1.29, 1.82) is 0 Å². The van der Waals surface area contributed by atoms with Gasteiger partial charge in [-0.25, -0.2) is 45.5 Å². The number of ether oxygens (including phenoxy) is 2. The molecule has 18 heteroatoms. The Morgan fingerprint density at radius 2 is 1.03 bits per heavy atom. The SMILES string of the molecule is COC(=O)c1ccc(S(=O)(=O)NC(=O)NCCCCCCNC(=O)NS(=O)(=O)c2ccc(C(=O)OC)s2)s1. The van der Waals surface area contributed by atoms with Crippen molar-refractivity contribution in [3.63, 3.8) is 0 Å². The van der Waals surface area contributed by atoms with Crippen LogP contribution in [-0.4, -0.2) is 68.1 Å². The van der Waals surface area contributed by atoms with E-state index in [0.717, 1.165) is 0 Å². The van der Waals surface area contributed by atoms with Crippen LogP contribution in [0.4, 0.5) is 9.59 Å². The van der Waals surface area contributed by atoms with Crippen LogP contribution < -0.4 is 20.1 Å². The minimum Gasteiger partial charge on any atom is -0.465 e. The van der Waals surface area contributed by atoms with Gasteiger partial charge in [-0.05, 0) is 37.1 Å². The summed E-state index contributed by atoms with van der Waals surface area (Å²) in [6, 6.07) is 3.13. The first-order valence-electron chi connectivity index (χ1n) is 10.9. The molecule has 0 saturated heterocycles. The van der Waals surface area contributed by atoms with E-state index in [1.54, 1.807) is 0 Å². The Bertz CT molecular complexity index is 1260. The minimum atomic E-state index is -4.14. The topological polar surface area (TPSA) is 203 Å². The van der Waals surface area contributed by atoms with Gasteiger partial charge in [0.05, 0.1) is 14.2 Å². The molecular weight excluding hydrogens is 585 g/mol. The number of unbranched alkanes of at least 4 members (excludes halogenated alkanes) is 3. The van der Waals surface area contributed by atoms with E-state index >= 15 is 0 Å². The number of carbonyl (C=O) groups excluding carboxylic acids is 4. The Labute approximate surface area is 227 Å². The summed E-state index contributed by atoms with van der Waals surface area (Å²) in [5, 5.41) is 4.84. The van der Waals surface area contributed by atoms with Crippen molar-refractivity contribution in [2.24, 2.45) is 0 Å². The van der Waals surface area contributed by atoms with E-state index in [1.165, 1.54) is 38.5 Å². The molecule has 2 heterocycles. The first-order valence-corrected chi connectivity index (χ1v) is 15.5. The number of hydrogen-bond acceptors (Lipinski definition) is 12. The molecule has 0 spiro atoms. The van der Waals surface area contributed by atoms with Gasteiger partial charge in [-0.1, -0.05) is 12.8 Å². The molecule has 2 rings (SSSR count). The Kier molecular flexibility index (Phi) is 11.5. The van der Waals surface area contributed by atoms with E-state index in [9.17, 15) is 36.0 Å². The smallest absolute Gasteiger partial charge is 0.348 e. The van der Waals surface area contributed by atoms with Gasteiger partial charge >= 0.3 is 24.0 Å². The molecule has 0 aromatic carbocycles. The van der Waals surface area contributed by atoms with Gasteiger partial charge in [0.1, 0.15) is 18.2 Å². The molecule has 0 unspecified atom stereocenters. The van der Waals surface area contributed by atoms with Crippen LogP contribution >= 0.6 is 22.7 Å². The van der Waals surface area contributed by atoms with Crippen LogP contribution in [0.15, 0.2) is 32.7 Å². The van der Waals surface area contributed by atoms with E-state index in [0.29, 0.717) is 48.4 Å². The highest BCUT2D eigenvalue weighted by Crippen LogP contribution is 2.23. The lowest BCUT2D eigenvalue weighted by molar-refractivity contribution is 0.0597. The zero-order chi connectivity index (χ0) is 28.3. The van der Waals surface area contributed by atoms with Crippen LogP contribution in [0.3, 0.4) is 0 Å². The molecule has 0 radical (unpaired) electrons. The molecule has 210 valence electrons. The molecule has 0 aliphatic heterocycles. The summed E-state index contributed by atoms with van der Waals surface area (Å²) in [7, 11) is -5.94. The number of carbonyl (C=O) groups is 4. The molecule has 2 aromatic heterocycles. The van der Waals surface area contributed by atoms with Crippen LogP contribution in [0.1, 0.15) is 45.0 Å². The third-order valence-corrected chi connectivity index (χ3v) is 10.4. The zero-order valence-corrected chi connectivity index (χ0v) is 23.5. The summed E-state index contributed by atoms with van der Waals surface area (Å²) >= 11 is 1.34. The van der Waals surface area contributed by atoms with Crippen molar-refractivity contribution < 1.29 is 45.5 Å². The molecule has 0 saturated carbocycles. The Balaban J connectivity index is 1.61. The predicted octanol–water partition coefficient (Wildman–Crippen LogP) is 1.62. The van der Waals surface area contributed by atoms with Crippen LogP contribution in [0, 0.1) is 0 Å². The number of urea groups is 2. The van der Waals surface area contributed by atoms with E-state index in [-0.39, 0.29) is 31.3 Å². The van der Waals surface area contributed by atoms with Gasteiger partial charge in [-0.3, -0.25) is 0 Å². The van der Waals surface area contributed by atoms with Gasteiger partial charge in [0.25, 0.3) is 20.0 Å². The van der Waals surface area contributed by atoms with Crippen LogP contribution in [0.5, 0.6) is 0 Å². The lowest BCUT2D eigenvalue weighted by Crippen LogP contribution is -2.39. The fraction of sp³-hybridized carbons (Fsp3) is 0.400. The van der Waals surface area contributed by atoms with Crippen molar-refractivity contribution in [1.82, 2.24) is 20.1 Å². The highest BCUT2D eigenvalue weighted by atomic mass is 32.3. The van der Waals surface area contributed by atoms with E-state index in [1.807, 2.05) is 9.44 Å². The van der Waals surface area contributed by atoms with Gasteiger partial charge < -0.3 is 20.1 Å². The van der Waals surface area contributed by atoms with Gasteiger partial charge in [-0.2, -0.15) is 0 Å². The molecule has 4 amide bonds. The zero-order valence-electron chi connectivity index (χ0n) is 20.3. The molecule has 0 aliphatic rings. The number of thiophene rings is 2. The molecule has 0 aliphatic carbocycles. The molecule has 0 fully saturated rings. The monoisotopic (exact) mass is 610 g/mol. The molecule has 14 nitrogen and oxygen atoms in total. The van der Waals surface area contributed by atoms with Crippen molar-refractivity contribution in [3.05, 3.63) is 34.0 Å². The lowest BCUT2D eigenvalue weighted by Gasteiger charge is -2.08. The summed E-state index contributed by atoms with van der Waals surface area (Å²) in [5.41, 5.74) is 0. The number of amides is 4. The summed E-state index contributed by atoms with van der Waals surface area (Å²) in [6.45, 7) is 0.388. The van der Waals surface area contributed by atoms with Crippen LogP contribution in [-0.2, 0) is 29.5 Å². The molecular formula is C20H26N4O10S4. The van der Waals surface area contributed by atoms with Crippen molar-refractivity contribution >= 4 is 66.7 Å². The average Bonchev–Trinajstić information content (AvgIpc) is 3.55. The van der Waals surface area contributed by atoms with Crippen molar-refractivity contribution in [2.75, 3.05) is 27.3 Å². The summed E-state index contributed by atoms with van der Waals surface area (Å²) in [5.74, 6) is -1.37. The second-order valence-corrected chi connectivity index (χ2v) is 13.3. The maximum Gasteiger partial charge on any atom is 0.348 e. The van der Waals surface area contributed by atoms with Crippen molar-refractivity contribution in [2.45, 2.75) is 34.1 Å². The first kappa shape index (κ1) is 31.0. The fourth-order valence-corrected chi connectivity index (χ4v) is 7.08. The second-order valence-electron chi connectivity index (χ2n) is 7.36. The van der Waals surface area contributed by atoms with E-state index < -0.39 is 44.0 Å². The number of methoxy groups -OCH3 is 2. The van der Waals surface area contributed by atoms with E-state index in [2.05, 4.69) is 20.1 Å². The maximum absolute atomic E-state index is 12.2. The first-order chi connectivity index (χ1) is 17.9. The molecule has 0 bridgehead atoms. The molecule has 2 aromatic rings. The van der Waals surface area contributed by atoms with Crippen LogP contribution in [0.2, 0.25) is 0 Å². The minimum absolute atomic E-state index is 0.0821. The number of esters is 2. The van der Waals surface area contributed by atoms with Gasteiger partial charge in [0.15, 0.2) is 0 Å². The van der Waals surface area contributed by atoms with Gasteiger partial charge in [0, 0.05) is 13.1 Å². The number of sulfonamides is 2. The third-order valence-electron chi connectivity index (χ3n) is 4.59. The third kappa shape index (κ3) is 9.26. The molecule has 38 heavy (non-hydrogen) atoms. The predicted molar refractivity (Wildman–Crippen MR) is 137 cm³/mol. The standard InChI is InChI=1S/C20H26N4O10S4/c1-33-17(25)13-7-9-15(35-13)37(29,30)23-19(27)21-11-5-3-4-6-12-22-20(28)24-38(31,32)16-10-8-14(36-16)18(26)34-2/h7-10H,3-6,11-12H2,1-2H3,(H2,21,23,27)(H2,22,24,28). The summed E-state index contributed by atoms with van der Waals surface area (Å²) in [4.78, 5) is 46.8. The lowest BCUT2D eigenvalue weighted by atomic mass is 10.2. The number of nitrogens with one attached hydrogen (secondary N) is 4. The molecule has 4 N–H and O–H groups in total. The average molecular weight is 611 g/mol. The second kappa shape index (κ2) is 14.1. The fourth-order valence-electron chi connectivity index (χ4n) is 2.77. The summed E-state index contributed by atoms with van der Waals surface area (Å²) in [6.07, 6.45) is 2.35. The Morgan fingerprint density at radius 3 is 1.37 bits per heavy atom. The largest absolute Gasteiger partial charge is 0.465 e. The molecule has 0 atom stereocenters. The normalized spacial score (nSPS) is 11.3. The van der Waals surface area contributed by atoms with Gasteiger partial charge in [0.2, 0.25) is 0 Å². The number of hydrogen-bond donors (Lipinski definition) is 4.